The maximum absolute atomic E-state index is 12.3. The average Bonchev–Trinajstić information content (AvgIpc) is 3.10. The molecule has 0 aliphatic rings. The zero-order chi connectivity index (χ0) is 17.6. The number of amides is 1. The van der Waals surface area contributed by atoms with Gasteiger partial charge in [0.05, 0.1) is 0 Å². The van der Waals surface area contributed by atoms with Crippen LogP contribution in [0.2, 0.25) is 0 Å². The zero-order valence-corrected chi connectivity index (χ0v) is 13.3. The molecule has 0 spiro atoms. The van der Waals surface area contributed by atoms with Crippen LogP contribution in [-0.2, 0) is 4.79 Å². The molecule has 2 N–H and O–H groups in total. The summed E-state index contributed by atoms with van der Waals surface area (Å²) >= 11 is 0. The van der Waals surface area contributed by atoms with Gasteiger partial charge in [-0.2, -0.15) is 5.26 Å². The van der Waals surface area contributed by atoms with Crippen LogP contribution in [0, 0.1) is 11.3 Å². The topological polar surface area (TPSA) is 78.0 Å². The number of nitrogens with one attached hydrogen (secondary N) is 1. The van der Waals surface area contributed by atoms with Gasteiger partial charge < -0.3 is 15.0 Å². The Morgan fingerprint density at radius 2 is 1.76 bits per heavy atom. The van der Waals surface area contributed by atoms with Crippen LogP contribution >= 0.6 is 0 Å². The van der Waals surface area contributed by atoms with Gasteiger partial charge in [-0.3, -0.25) is 4.79 Å². The van der Waals surface area contributed by atoms with Crippen LogP contribution in [0.5, 0.6) is 5.75 Å². The van der Waals surface area contributed by atoms with Gasteiger partial charge in [0, 0.05) is 23.3 Å². The molecule has 3 aromatic rings. The Morgan fingerprint density at radius 3 is 2.44 bits per heavy atom. The highest BCUT2D eigenvalue weighted by Crippen LogP contribution is 2.17. The van der Waals surface area contributed by atoms with E-state index in [9.17, 15) is 15.2 Å². The minimum absolute atomic E-state index is 0.0102. The fourth-order valence-corrected chi connectivity index (χ4v) is 2.38. The molecular weight excluding hydrogens is 314 g/mol. The van der Waals surface area contributed by atoms with Gasteiger partial charge in [-0.15, -0.1) is 0 Å². The molecule has 0 aliphatic heterocycles. The predicted octanol–water partition coefficient (Wildman–Crippen LogP) is 3.73. The first kappa shape index (κ1) is 16.1. The molecule has 25 heavy (non-hydrogen) atoms. The van der Waals surface area contributed by atoms with Gasteiger partial charge in [-0.05, 0) is 54.6 Å². The molecule has 2 aromatic carbocycles. The standard InChI is InChI=1S/C20H15N3O2/c21-14-15(20(25)22-16-8-10-19(24)11-9-16)13-18-7-4-12-23(18)17-5-2-1-3-6-17/h1-13,24H,(H,22,25). The summed E-state index contributed by atoms with van der Waals surface area (Å²) in [6, 6.07) is 21.3. The van der Waals surface area contributed by atoms with E-state index in [0.717, 1.165) is 11.4 Å². The van der Waals surface area contributed by atoms with Crippen LogP contribution in [-0.4, -0.2) is 15.6 Å². The molecule has 0 aliphatic carbocycles. The Hall–Kier alpha value is -3.78. The van der Waals surface area contributed by atoms with Gasteiger partial charge in [-0.25, -0.2) is 0 Å². The van der Waals surface area contributed by atoms with Gasteiger partial charge in [-0.1, -0.05) is 18.2 Å². The number of hydrogen-bond acceptors (Lipinski definition) is 3. The molecule has 0 saturated heterocycles. The van der Waals surface area contributed by atoms with Crippen molar-refractivity contribution in [2.75, 3.05) is 5.32 Å². The van der Waals surface area contributed by atoms with E-state index in [1.165, 1.54) is 12.1 Å². The lowest BCUT2D eigenvalue weighted by Crippen LogP contribution is -2.13. The first-order valence-electron chi connectivity index (χ1n) is 7.62. The van der Waals surface area contributed by atoms with Crippen molar-refractivity contribution >= 4 is 17.7 Å². The van der Waals surface area contributed by atoms with E-state index in [4.69, 9.17) is 0 Å². The minimum atomic E-state index is -0.506. The average molecular weight is 329 g/mol. The third-order valence-corrected chi connectivity index (χ3v) is 3.60. The Kier molecular flexibility index (Phi) is 4.63. The van der Waals surface area contributed by atoms with Crippen LogP contribution in [0.4, 0.5) is 5.69 Å². The van der Waals surface area contributed by atoms with E-state index in [1.807, 2.05) is 59.3 Å². The fraction of sp³-hybridized carbons (Fsp3) is 0. The Bertz CT molecular complexity index is 949. The second kappa shape index (κ2) is 7.20. The monoisotopic (exact) mass is 329 g/mol. The lowest BCUT2D eigenvalue weighted by Gasteiger charge is -2.07. The van der Waals surface area contributed by atoms with Gasteiger partial charge in [0.2, 0.25) is 0 Å². The van der Waals surface area contributed by atoms with Gasteiger partial charge in [0.15, 0.2) is 0 Å². The molecule has 3 rings (SSSR count). The summed E-state index contributed by atoms with van der Waals surface area (Å²) in [6.45, 7) is 0. The molecule has 5 nitrogen and oxygen atoms in total. The number of phenolic OH excluding ortho intramolecular Hbond substituents is 1. The quantitative estimate of drug-likeness (QED) is 0.435. The number of carbonyl (C=O) groups excluding carboxylic acids is 1. The van der Waals surface area contributed by atoms with E-state index in [2.05, 4.69) is 5.32 Å². The van der Waals surface area contributed by atoms with E-state index >= 15 is 0 Å². The molecule has 5 heteroatoms. The molecule has 0 radical (unpaired) electrons. The van der Waals surface area contributed by atoms with Crippen molar-refractivity contribution in [2.45, 2.75) is 0 Å². The number of nitrogens with zero attached hydrogens (tertiary/aromatic N) is 2. The Labute approximate surface area is 145 Å². The van der Waals surface area contributed by atoms with Crippen LogP contribution in [0.15, 0.2) is 78.5 Å². The molecule has 0 bridgehead atoms. The van der Waals surface area contributed by atoms with Gasteiger partial charge in [0.25, 0.3) is 5.91 Å². The van der Waals surface area contributed by atoms with Crippen molar-refractivity contribution in [3.05, 3.63) is 84.2 Å². The SMILES string of the molecule is N#CC(=Cc1cccn1-c1ccccc1)C(=O)Nc1ccc(O)cc1. The molecule has 1 aromatic heterocycles. The van der Waals surface area contributed by atoms with Crippen molar-refractivity contribution in [3.8, 4) is 17.5 Å². The first-order chi connectivity index (χ1) is 12.2. The van der Waals surface area contributed by atoms with Crippen LogP contribution in [0.25, 0.3) is 11.8 Å². The summed E-state index contributed by atoms with van der Waals surface area (Å²) < 4.78 is 1.89. The summed E-state index contributed by atoms with van der Waals surface area (Å²) in [5.41, 5.74) is 2.16. The van der Waals surface area contributed by atoms with E-state index < -0.39 is 5.91 Å². The third-order valence-electron chi connectivity index (χ3n) is 3.60. The molecule has 0 unspecified atom stereocenters. The van der Waals surface area contributed by atoms with Crippen molar-refractivity contribution < 1.29 is 9.90 Å². The highest BCUT2D eigenvalue weighted by Gasteiger charge is 2.11. The maximum atomic E-state index is 12.3. The highest BCUT2D eigenvalue weighted by molar-refractivity contribution is 6.09. The smallest absolute Gasteiger partial charge is 0.266 e. The number of para-hydroxylation sites is 1. The van der Waals surface area contributed by atoms with Gasteiger partial charge >= 0.3 is 0 Å². The third kappa shape index (κ3) is 3.77. The zero-order valence-electron chi connectivity index (χ0n) is 13.3. The summed E-state index contributed by atoms with van der Waals surface area (Å²) in [5, 5.41) is 21.3. The van der Waals surface area contributed by atoms with Crippen LogP contribution in [0.3, 0.4) is 0 Å². The number of anilines is 1. The Balaban J connectivity index is 1.86. The predicted molar refractivity (Wildman–Crippen MR) is 96.1 cm³/mol. The summed E-state index contributed by atoms with van der Waals surface area (Å²) in [7, 11) is 0. The van der Waals surface area contributed by atoms with Crippen molar-refractivity contribution in [1.82, 2.24) is 4.57 Å². The first-order valence-corrected chi connectivity index (χ1v) is 7.62. The number of carbonyl (C=O) groups is 1. The lowest BCUT2D eigenvalue weighted by molar-refractivity contribution is -0.112. The highest BCUT2D eigenvalue weighted by atomic mass is 16.3. The lowest BCUT2D eigenvalue weighted by atomic mass is 10.2. The number of aromatic hydroxyl groups is 1. The number of aromatic nitrogens is 1. The molecule has 0 fully saturated rings. The Morgan fingerprint density at radius 1 is 1.04 bits per heavy atom. The molecule has 1 amide bonds. The fourth-order valence-electron chi connectivity index (χ4n) is 2.38. The molecule has 0 atom stereocenters. The number of hydrogen-bond donors (Lipinski definition) is 2. The van der Waals surface area contributed by atoms with Crippen LogP contribution < -0.4 is 5.32 Å². The molecule has 1 heterocycles. The second-order valence-corrected chi connectivity index (χ2v) is 5.31. The van der Waals surface area contributed by atoms with E-state index in [0.29, 0.717) is 5.69 Å². The van der Waals surface area contributed by atoms with E-state index in [-0.39, 0.29) is 11.3 Å². The van der Waals surface area contributed by atoms with Crippen molar-refractivity contribution in [1.29, 1.82) is 5.26 Å². The second-order valence-electron chi connectivity index (χ2n) is 5.31. The van der Waals surface area contributed by atoms with Gasteiger partial charge in [0.1, 0.15) is 17.4 Å². The van der Waals surface area contributed by atoms with Crippen LogP contribution in [0.1, 0.15) is 5.69 Å². The number of nitriles is 1. The summed E-state index contributed by atoms with van der Waals surface area (Å²) in [4.78, 5) is 12.3. The number of benzene rings is 2. The van der Waals surface area contributed by atoms with E-state index in [1.54, 1.807) is 18.2 Å². The summed E-state index contributed by atoms with van der Waals surface area (Å²) in [6.07, 6.45) is 3.41. The minimum Gasteiger partial charge on any atom is -0.508 e. The number of rotatable bonds is 4. The largest absolute Gasteiger partial charge is 0.508 e. The molecule has 0 saturated carbocycles. The summed E-state index contributed by atoms with van der Waals surface area (Å²) in [5.74, 6) is -0.399. The normalized spacial score (nSPS) is 10.9. The van der Waals surface area contributed by atoms with Crippen molar-refractivity contribution in [2.24, 2.45) is 0 Å². The van der Waals surface area contributed by atoms with Crippen molar-refractivity contribution in [3.63, 3.8) is 0 Å². The maximum Gasteiger partial charge on any atom is 0.266 e. The molecule has 122 valence electrons. The number of phenols is 1. The molecular formula is C20H15N3O2.